The van der Waals surface area contributed by atoms with Gasteiger partial charge < -0.3 is 0 Å². The average Bonchev–Trinajstić information content (AvgIpc) is 2.73. The van der Waals surface area contributed by atoms with Crippen LogP contribution < -0.4 is 0 Å². The number of halogens is 3. The second-order valence-corrected chi connectivity index (χ2v) is 4.95. The van der Waals surface area contributed by atoms with Crippen LogP contribution in [0.2, 0.25) is 0 Å². The van der Waals surface area contributed by atoms with Crippen LogP contribution in [0.15, 0.2) is 29.4 Å². The molecule has 1 heterocycles. The SMILES string of the molecule is Cc1ccc(CSc2nnnn2CC(F)(F)F)cc1. The maximum Gasteiger partial charge on any atom is 0.408 e. The van der Waals surface area contributed by atoms with Gasteiger partial charge in [-0.2, -0.15) is 13.2 Å². The third kappa shape index (κ3) is 4.23. The van der Waals surface area contributed by atoms with Crippen molar-refractivity contribution in [3.05, 3.63) is 35.4 Å². The van der Waals surface area contributed by atoms with E-state index in [0.29, 0.717) is 5.75 Å². The van der Waals surface area contributed by atoms with Crippen molar-refractivity contribution in [2.75, 3.05) is 0 Å². The number of alkyl halides is 3. The molecule has 1 aromatic heterocycles. The molecule has 0 bridgehead atoms. The molecular formula is C11H11F3N4S. The minimum absolute atomic E-state index is 0.165. The first kappa shape index (κ1) is 13.9. The predicted octanol–water partition coefficient (Wildman–Crippen LogP) is 2.84. The Bertz CT molecular complexity index is 536. The lowest BCUT2D eigenvalue weighted by molar-refractivity contribution is -0.144. The van der Waals surface area contributed by atoms with E-state index in [0.717, 1.165) is 15.8 Å². The molecule has 0 saturated heterocycles. The van der Waals surface area contributed by atoms with E-state index in [4.69, 9.17) is 0 Å². The zero-order valence-electron chi connectivity index (χ0n) is 10.1. The molecule has 4 nitrogen and oxygen atoms in total. The van der Waals surface area contributed by atoms with Gasteiger partial charge in [0, 0.05) is 5.75 Å². The van der Waals surface area contributed by atoms with Gasteiger partial charge >= 0.3 is 6.18 Å². The van der Waals surface area contributed by atoms with E-state index >= 15 is 0 Å². The van der Waals surface area contributed by atoms with Gasteiger partial charge in [0.15, 0.2) is 0 Å². The van der Waals surface area contributed by atoms with Gasteiger partial charge in [-0.1, -0.05) is 41.6 Å². The molecule has 19 heavy (non-hydrogen) atoms. The summed E-state index contributed by atoms with van der Waals surface area (Å²) in [7, 11) is 0. The van der Waals surface area contributed by atoms with Crippen LogP contribution >= 0.6 is 11.8 Å². The van der Waals surface area contributed by atoms with E-state index in [-0.39, 0.29) is 5.16 Å². The molecule has 0 fully saturated rings. The Labute approximate surface area is 112 Å². The minimum Gasteiger partial charge on any atom is -0.211 e. The van der Waals surface area contributed by atoms with Crippen LogP contribution in [-0.4, -0.2) is 26.4 Å². The summed E-state index contributed by atoms with van der Waals surface area (Å²) in [5, 5.41) is 10.4. The van der Waals surface area contributed by atoms with Crippen LogP contribution in [0, 0.1) is 6.92 Å². The lowest BCUT2D eigenvalue weighted by Gasteiger charge is -2.07. The normalized spacial score (nSPS) is 11.8. The second-order valence-electron chi connectivity index (χ2n) is 4.01. The zero-order valence-corrected chi connectivity index (χ0v) is 10.9. The summed E-state index contributed by atoms with van der Waals surface area (Å²) in [5.41, 5.74) is 2.15. The number of aryl methyl sites for hydroxylation is 1. The Hall–Kier alpha value is -1.57. The molecule has 0 N–H and O–H groups in total. The monoisotopic (exact) mass is 288 g/mol. The lowest BCUT2D eigenvalue weighted by Crippen LogP contribution is -2.19. The molecule has 0 amide bonds. The van der Waals surface area contributed by atoms with Crippen molar-refractivity contribution in [1.82, 2.24) is 20.2 Å². The molecule has 0 aliphatic carbocycles. The quantitative estimate of drug-likeness (QED) is 0.811. The fourth-order valence-corrected chi connectivity index (χ4v) is 2.23. The maximum absolute atomic E-state index is 12.3. The molecular weight excluding hydrogens is 277 g/mol. The number of thioether (sulfide) groups is 1. The summed E-state index contributed by atoms with van der Waals surface area (Å²) in [6.45, 7) is 0.803. The van der Waals surface area contributed by atoms with E-state index in [2.05, 4.69) is 15.5 Å². The molecule has 0 unspecified atom stereocenters. The highest BCUT2D eigenvalue weighted by molar-refractivity contribution is 7.98. The van der Waals surface area contributed by atoms with Crippen LogP contribution in [0.3, 0.4) is 0 Å². The third-order valence-electron chi connectivity index (χ3n) is 2.32. The fraction of sp³-hybridized carbons (Fsp3) is 0.364. The van der Waals surface area contributed by atoms with Crippen molar-refractivity contribution in [2.45, 2.75) is 30.6 Å². The summed E-state index contributed by atoms with van der Waals surface area (Å²) in [6.07, 6.45) is -4.32. The maximum atomic E-state index is 12.3. The number of benzene rings is 1. The molecule has 0 saturated carbocycles. The molecule has 0 atom stereocenters. The molecule has 0 radical (unpaired) electrons. The molecule has 102 valence electrons. The summed E-state index contributed by atoms with van der Waals surface area (Å²) in [6, 6.07) is 7.77. The summed E-state index contributed by atoms with van der Waals surface area (Å²) < 4.78 is 37.6. The van der Waals surface area contributed by atoms with Gasteiger partial charge in [0.05, 0.1) is 0 Å². The topological polar surface area (TPSA) is 43.6 Å². The summed E-state index contributed by atoms with van der Waals surface area (Å²) in [4.78, 5) is 0. The lowest BCUT2D eigenvalue weighted by atomic mass is 10.2. The van der Waals surface area contributed by atoms with E-state index in [1.54, 1.807) is 0 Å². The molecule has 0 aliphatic rings. The average molecular weight is 288 g/mol. The van der Waals surface area contributed by atoms with Crippen molar-refractivity contribution in [3.8, 4) is 0 Å². The van der Waals surface area contributed by atoms with Gasteiger partial charge in [0.1, 0.15) is 6.54 Å². The van der Waals surface area contributed by atoms with Crippen LogP contribution in [0.5, 0.6) is 0 Å². The van der Waals surface area contributed by atoms with Crippen molar-refractivity contribution in [3.63, 3.8) is 0 Å². The van der Waals surface area contributed by atoms with Crippen LogP contribution in [0.25, 0.3) is 0 Å². The molecule has 2 rings (SSSR count). The number of nitrogens with zero attached hydrogens (tertiary/aromatic N) is 4. The highest BCUT2D eigenvalue weighted by Gasteiger charge is 2.30. The van der Waals surface area contributed by atoms with Crippen molar-refractivity contribution >= 4 is 11.8 Å². The van der Waals surface area contributed by atoms with Gasteiger partial charge in [-0.3, -0.25) is 0 Å². The Morgan fingerprint density at radius 1 is 1.21 bits per heavy atom. The number of rotatable bonds is 4. The Morgan fingerprint density at radius 3 is 2.53 bits per heavy atom. The van der Waals surface area contributed by atoms with Crippen LogP contribution in [0.1, 0.15) is 11.1 Å². The number of hydrogen-bond acceptors (Lipinski definition) is 4. The number of hydrogen-bond donors (Lipinski definition) is 0. The Morgan fingerprint density at radius 2 is 1.89 bits per heavy atom. The van der Waals surface area contributed by atoms with Gasteiger partial charge in [-0.15, -0.1) is 5.10 Å². The van der Waals surface area contributed by atoms with Gasteiger partial charge in [-0.25, -0.2) is 4.68 Å². The molecule has 0 aliphatic heterocycles. The van der Waals surface area contributed by atoms with Crippen molar-refractivity contribution in [1.29, 1.82) is 0 Å². The first-order valence-corrected chi connectivity index (χ1v) is 6.44. The van der Waals surface area contributed by atoms with Crippen molar-refractivity contribution in [2.24, 2.45) is 0 Å². The molecule has 0 spiro atoms. The molecule has 2 aromatic rings. The standard InChI is InChI=1S/C11H11F3N4S/c1-8-2-4-9(5-3-8)6-19-10-15-16-17-18(10)7-11(12,13)14/h2-5H,6-7H2,1H3. The second kappa shape index (κ2) is 5.60. The van der Waals surface area contributed by atoms with Crippen LogP contribution in [-0.2, 0) is 12.3 Å². The first-order valence-electron chi connectivity index (χ1n) is 5.45. The third-order valence-corrected chi connectivity index (χ3v) is 3.34. The minimum atomic E-state index is -4.32. The Kier molecular flexibility index (Phi) is 4.08. The Balaban J connectivity index is 2.00. The summed E-state index contributed by atoms with van der Waals surface area (Å²) >= 11 is 1.18. The number of tetrazole rings is 1. The zero-order chi connectivity index (χ0) is 13.9. The van der Waals surface area contributed by atoms with E-state index < -0.39 is 12.7 Å². The number of aromatic nitrogens is 4. The summed E-state index contributed by atoms with van der Waals surface area (Å²) in [5.74, 6) is 0.526. The molecule has 1 aromatic carbocycles. The highest BCUT2D eigenvalue weighted by Crippen LogP contribution is 2.23. The smallest absolute Gasteiger partial charge is 0.211 e. The van der Waals surface area contributed by atoms with Gasteiger partial charge in [0.2, 0.25) is 5.16 Å². The largest absolute Gasteiger partial charge is 0.408 e. The van der Waals surface area contributed by atoms with E-state index in [9.17, 15) is 13.2 Å². The van der Waals surface area contributed by atoms with Crippen molar-refractivity contribution < 1.29 is 13.2 Å². The van der Waals surface area contributed by atoms with Gasteiger partial charge in [0.25, 0.3) is 0 Å². The van der Waals surface area contributed by atoms with Gasteiger partial charge in [-0.05, 0) is 22.9 Å². The highest BCUT2D eigenvalue weighted by atomic mass is 32.2. The van der Waals surface area contributed by atoms with Crippen LogP contribution in [0.4, 0.5) is 13.2 Å². The van der Waals surface area contributed by atoms with E-state index in [1.807, 2.05) is 31.2 Å². The molecule has 8 heteroatoms. The fourth-order valence-electron chi connectivity index (χ4n) is 1.40. The van der Waals surface area contributed by atoms with E-state index in [1.165, 1.54) is 11.8 Å². The first-order chi connectivity index (χ1) is 8.94. The predicted molar refractivity (Wildman–Crippen MR) is 64.6 cm³/mol.